The van der Waals surface area contributed by atoms with Gasteiger partial charge < -0.3 is 4.90 Å². The first-order valence-electron chi connectivity index (χ1n) is 5.93. The predicted octanol–water partition coefficient (Wildman–Crippen LogP) is 1.76. The minimum atomic E-state index is -0.485. The van der Waals surface area contributed by atoms with Gasteiger partial charge in [0.25, 0.3) is 11.6 Å². The van der Waals surface area contributed by atoms with E-state index in [0.717, 1.165) is 0 Å². The van der Waals surface area contributed by atoms with Gasteiger partial charge in [-0.2, -0.15) is 10.1 Å². The number of amides is 1. The van der Waals surface area contributed by atoms with E-state index in [1.165, 1.54) is 29.3 Å². The Kier molecular flexibility index (Phi) is 3.51. The number of anilines is 1. The lowest BCUT2D eigenvalue weighted by molar-refractivity contribution is -0.384. The maximum atomic E-state index is 12.3. The van der Waals surface area contributed by atoms with Gasteiger partial charge in [-0.3, -0.25) is 14.9 Å². The minimum absolute atomic E-state index is 0.0230. The molecule has 0 aliphatic carbocycles. The van der Waals surface area contributed by atoms with Gasteiger partial charge in [-0.25, -0.2) is 0 Å². The molecule has 7 heteroatoms. The molecule has 1 heterocycles. The average Bonchev–Trinajstić information content (AvgIpc) is 2.66. The molecule has 0 saturated carbocycles. The van der Waals surface area contributed by atoms with Gasteiger partial charge in [0.15, 0.2) is 0 Å². The smallest absolute Gasteiger partial charge is 0.282 e. The van der Waals surface area contributed by atoms with Crippen molar-refractivity contribution in [2.75, 3.05) is 19.1 Å². The number of non-ortho nitro benzene ring substituents is 1. The second-order valence-electron chi connectivity index (χ2n) is 4.58. The van der Waals surface area contributed by atoms with Crippen LogP contribution in [-0.4, -0.2) is 35.5 Å². The molecule has 0 saturated heterocycles. The molecule has 0 aromatic heterocycles. The monoisotopic (exact) mass is 274 g/mol. The Morgan fingerprint density at radius 3 is 2.40 bits per heavy atom. The highest BCUT2D eigenvalue weighted by molar-refractivity contribution is 6.29. The van der Waals surface area contributed by atoms with Crippen LogP contribution in [0.3, 0.4) is 0 Å². The van der Waals surface area contributed by atoms with Gasteiger partial charge in [0, 0.05) is 32.4 Å². The fourth-order valence-corrected chi connectivity index (χ4v) is 1.82. The number of nitro groups is 1. The number of rotatable bonds is 3. The Balaban J connectivity index is 2.31. The molecule has 7 nitrogen and oxygen atoms in total. The largest absolute Gasteiger partial charge is 0.383 e. The van der Waals surface area contributed by atoms with Crippen molar-refractivity contribution >= 4 is 23.0 Å². The molecule has 104 valence electrons. The third-order valence-corrected chi connectivity index (χ3v) is 2.75. The molecule has 1 aliphatic rings. The molecule has 1 aliphatic heterocycles. The molecule has 1 aromatic carbocycles. The summed E-state index contributed by atoms with van der Waals surface area (Å²) in [5.74, 6) is -0.245. The quantitative estimate of drug-likeness (QED) is 0.478. The van der Waals surface area contributed by atoms with Gasteiger partial charge >= 0.3 is 0 Å². The molecule has 2 rings (SSSR count). The zero-order chi connectivity index (χ0) is 14.9. The van der Waals surface area contributed by atoms with E-state index in [9.17, 15) is 14.9 Å². The van der Waals surface area contributed by atoms with Crippen molar-refractivity contribution in [1.29, 1.82) is 0 Å². The maximum Gasteiger partial charge on any atom is 0.282 e. The second kappa shape index (κ2) is 5.12. The van der Waals surface area contributed by atoms with Crippen LogP contribution in [0, 0.1) is 10.1 Å². The third-order valence-electron chi connectivity index (χ3n) is 2.75. The lowest BCUT2D eigenvalue weighted by atomic mass is 10.2. The zero-order valence-corrected chi connectivity index (χ0v) is 11.4. The molecular weight excluding hydrogens is 260 g/mol. The minimum Gasteiger partial charge on any atom is -0.383 e. The molecule has 0 fully saturated rings. The standard InChI is InChI=1S/C13H14N4O3/c1-9-12(8-15(2)3)13(18)16(14-9)10-4-6-11(7-5-10)17(19)20/h4-8H,1-3H3. The molecule has 0 atom stereocenters. The van der Waals surface area contributed by atoms with E-state index in [2.05, 4.69) is 5.10 Å². The first-order valence-corrected chi connectivity index (χ1v) is 5.93. The summed E-state index contributed by atoms with van der Waals surface area (Å²) in [7, 11) is 3.64. The van der Waals surface area contributed by atoms with Crippen molar-refractivity contribution in [2.45, 2.75) is 6.92 Å². The van der Waals surface area contributed by atoms with Gasteiger partial charge in [0.2, 0.25) is 0 Å². The van der Waals surface area contributed by atoms with Crippen LogP contribution in [0.5, 0.6) is 0 Å². The van der Waals surface area contributed by atoms with Gasteiger partial charge in [-0.05, 0) is 19.1 Å². The van der Waals surface area contributed by atoms with E-state index >= 15 is 0 Å². The van der Waals surface area contributed by atoms with E-state index in [1.54, 1.807) is 18.0 Å². The van der Waals surface area contributed by atoms with Crippen molar-refractivity contribution in [3.05, 3.63) is 46.2 Å². The molecule has 0 bridgehead atoms. The lowest BCUT2D eigenvalue weighted by Crippen LogP contribution is -2.22. The Hall–Kier alpha value is -2.70. The van der Waals surface area contributed by atoms with Crippen LogP contribution < -0.4 is 5.01 Å². The van der Waals surface area contributed by atoms with Gasteiger partial charge in [0.05, 0.1) is 21.9 Å². The first-order chi connectivity index (χ1) is 9.40. The highest BCUT2D eigenvalue weighted by Crippen LogP contribution is 2.25. The highest BCUT2D eigenvalue weighted by atomic mass is 16.6. The Morgan fingerprint density at radius 1 is 1.30 bits per heavy atom. The van der Waals surface area contributed by atoms with E-state index in [-0.39, 0.29) is 11.6 Å². The topological polar surface area (TPSA) is 79.0 Å². The number of hydrazone groups is 1. The number of benzene rings is 1. The summed E-state index contributed by atoms with van der Waals surface area (Å²) in [6.45, 7) is 1.75. The third kappa shape index (κ3) is 2.51. The molecule has 0 N–H and O–H groups in total. The molecule has 1 amide bonds. The average molecular weight is 274 g/mol. The lowest BCUT2D eigenvalue weighted by Gasteiger charge is -2.12. The summed E-state index contributed by atoms with van der Waals surface area (Å²) in [5, 5.41) is 16.0. The Bertz CT molecular complexity index is 617. The number of nitrogens with zero attached hydrogens (tertiary/aromatic N) is 4. The molecular formula is C13H14N4O3. The van der Waals surface area contributed by atoms with Gasteiger partial charge in [0.1, 0.15) is 0 Å². The summed E-state index contributed by atoms with van der Waals surface area (Å²) in [6, 6.07) is 5.71. The fraction of sp³-hybridized carbons (Fsp3) is 0.231. The maximum absolute atomic E-state index is 12.3. The fourth-order valence-electron chi connectivity index (χ4n) is 1.82. The number of carbonyl (C=O) groups is 1. The highest BCUT2D eigenvalue weighted by Gasteiger charge is 2.29. The van der Waals surface area contributed by atoms with Crippen LogP contribution in [-0.2, 0) is 4.79 Å². The normalized spacial score (nSPS) is 16.6. The van der Waals surface area contributed by atoms with Crippen molar-refractivity contribution in [3.8, 4) is 0 Å². The Labute approximate surface area is 115 Å². The summed E-state index contributed by atoms with van der Waals surface area (Å²) in [4.78, 5) is 24.1. The molecule has 0 spiro atoms. The summed E-state index contributed by atoms with van der Waals surface area (Å²) in [5.41, 5.74) is 1.60. The van der Waals surface area contributed by atoms with Crippen LogP contribution in [0.15, 0.2) is 41.1 Å². The SMILES string of the molecule is CC1=NN(c2ccc([N+](=O)[O-])cc2)C(=O)C1=CN(C)C. The zero-order valence-electron chi connectivity index (χ0n) is 11.4. The van der Waals surface area contributed by atoms with Crippen LogP contribution in [0.4, 0.5) is 11.4 Å². The number of carbonyl (C=O) groups excluding carboxylic acids is 1. The number of nitro benzene ring substituents is 1. The van der Waals surface area contributed by atoms with E-state index in [0.29, 0.717) is 17.0 Å². The van der Waals surface area contributed by atoms with E-state index in [4.69, 9.17) is 0 Å². The Morgan fingerprint density at radius 2 is 1.90 bits per heavy atom. The number of hydrogen-bond donors (Lipinski definition) is 0. The first kappa shape index (κ1) is 13.7. The molecule has 0 unspecified atom stereocenters. The van der Waals surface area contributed by atoms with Crippen molar-refractivity contribution in [2.24, 2.45) is 5.10 Å². The second-order valence-corrected chi connectivity index (χ2v) is 4.58. The van der Waals surface area contributed by atoms with Gasteiger partial charge in [-0.1, -0.05) is 0 Å². The summed E-state index contributed by atoms with van der Waals surface area (Å²) >= 11 is 0. The van der Waals surface area contributed by atoms with E-state index in [1.807, 2.05) is 14.1 Å². The van der Waals surface area contributed by atoms with Crippen LogP contribution in [0.2, 0.25) is 0 Å². The van der Waals surface area contributed by atoms with Crippen molar-refractivity contribution in [1.82, 2.24) is 4.90 Å². The summed E-state index contributed by atoms with van der Waals surface area (Å²) in [6.07, 6.45) is 1.70. The van der Waals surface area contributed by atoms with Crippen LogP contribution in [0.25, 0.3) is 0 Å². The molecule has 1 aromatic rings. The molecule has 20 heavy (non-hydrogen) atoms. The van der Waals surface area contributed by atoms with E-state index < -0.39 is 4.92 Å². The van der Waals surface area contributed by atoms with Crippen molar-refractivity contribution < 1.29 is 9.72 Å². The van der Waals surface area contributed by atoms with Crippen molar-refractivity contribution in [3.63, 3.8) is 0 Å². The van der Waals surface area contributed by atoms with Crippen LogP contribution >= 0.6 is 0 Å². The predicted molar refractivity (Wildman–Crippen MR) is 75.5 cm³/mol. The van der Waals surface area contributed by atoms with Gasteiger partial charge in [-0.15, -0.1) is 0 Å². The molecule has 0 radical (unpaired) electrons. The van der Waals surface area contributed by atoms with Crippen LogP contribution in [0.1, 0.15) is 6.92 Å². The summed E-state index contributed by atoms with van der Waals surface area (Å²) < 4.78 is 0. The number of hydrogen-bond acceptors (Lipinski definition) is 5.